The molecule has 0 unspecified atom stereocenters. The predicted molar refractivity (Wildman–Crippen MR) is 84.8 cm³/mol. The van der Waals surface area contributed by atoms with Crippen LogP contribution in [0.2, 0.25) is 0 Å². The molecule has 0 saturated heterocycles. The number of phenols is 1. The van der Waals surface area contributed by atoms with Crippen molar-refractivity contribution in [2.75, 3.05) is 0 Å². The number of para-hydroxylation sites is 1. The molecule has 21 heavy (non-hydrogen) atoms. The molecule has 0 aliphatic carbocycles. The van der Waals surface area contributed by atoms with E-state index in [4.69, 9.17) is 11.6 Å². The lowest BCUT2D eigenvalue weighted by atomic mass is 10.2. The standard InChI is InChI=1S/C10H9NO.C7H5ClO/c1-7-5-6-8-3-2-4-9(12)10(8)11-7;8-7(9)6-4-2-1-3-5-6/h2-6,12H,1H3;1-5H. The lowest BCUT2D eigenvalue weighted by molar-refractivity contribution is 0.108. The van der Waals surface area contributed by atoms with E-state index in [0.717, 1.165) is 11.1 Å². The summed E-state index contributed by atoms with van der Waals surface area (Å²) in [5.74, 6) is 0.246. The fraction of sp³-hybridized carbons (Fsp3) is 0.0588. The SMILES string of the molecule is Cc1ccc2cccc(O)c2n1.O=C(Cl)c1ccccc1. The van der Waals surface area contributed by atoms with Crippen LogP contribution in [0.3, 0.4) is 0 Å². The Labute approximate surface area is 127 Å². The highest BCUT2D eigenvalue weighted by Gasteiger charge is 1.99. The zero-order valence-electron chi connectivity index (χ0n) is 11.5. The second kappa shape index (κ2) is 6.86. The summed E-state index contributed by atoms with van der Waals surface area (Å²) in [6.07, 6.45) is 0. The molecule has 0 spiro atoms. The topological polar surface area (TPSA) is 50.2 Å². The van der Waals surface area contributed by atoms with Crippen molar-refractivity contribution in [1.82, 2.24) is 4.98 Å². The molecule has 1 N–H and O–H groups in total. The van der Waals surface area contributed by atoms with E-state index >= 15 is 0 Å². The third-order valence-electron chi connectivity index (χ3n) is 2.84. The molecule has 3 nitrogen and oxygen atoms in total. The molecule has 0 radical (unpaired) electrons. The second-order valence-electron chi connectivity index (χ2n) is 4.44. The number of nitrogens with zero attached hydrogens (tertiary/aromatic N) is 1. The highest BCUT2D eigenvalue weighted by molar-refractivity contribution is 6.67. The number of halogens is 1. The van der Waals surface area contributed by atoms with Gasteiger partial charge in [-0.1, -0.05) is 48.5 Å². The Kier molecular flexibility index (Phi) is 4.90. The van der Waals surface area contributed by atoms with Crippen molar-refractivity contribution in [3.63, 3.8) is 0 Å². The summed E-state index contributed by atoms with van der Waals surface area (Å²) in [5.41, 5.74) is 2.14. The molecule has 0 fully saturated rings. The van der Waals surface area contributed by atoms with E-state index < -0.39 is 5.24 Å². The van der Waals surface area contributed by atoms with Crippen molar-refractivity contribution in [2.45, 2.75) is 6.92 Å². The normalized spacial score (nSPS) is 9.81. The minimum atomic E-state index is -0.407. The highest BCUT2D eigenvalue weighted by Crippen LogP contribution is 2.21. The number of hydrogen-bond acceptors (Lipinski definition) is 3. The number of carbonyl (C=O) groups is 1. The lowest BCUT2D eigenvalue weighted by Gasteiger charge is -1.99. The van der Waals surface area contributed by atoms with Crippen LogP contribution in [0.4, 0.5) is 0 Å². The van der Waals surface area contributed by atoms with Gasteiger partial charge in [-0.2, -0.15) is 0 Å². The molecular formula is C17H14ClNO2. The van der Waals surface area contributed by atoms with Gasteiger partial charge in [0.1, 0.15) is 11.3 Å². The molecule has 3 aromatic rings. The van der Waals surface area contributed by atoms with Gasteiger partial charge in [0, 0.05) is 16.6 Å². The molecule has 1 heterocycles. The van der Waals surface area contributed by atoms with Crippen LogP contribution in [0.1, 0.15) is 16.1 Å². The molecule has 0 atom stereocenters. The van der Waals surface area contributed by atoms with Crippen molar-refractivity contribution >= 4 is 27.7 Å². The molecular weight excluding hydrogens is 286 g/mol. The summed E-state index contributed by atoms with van der Waals surface area (Å²) in [6.45, 7) is 1.91. The van der Waals surface area contributed by atoms with Crippen LogP contribution in [0.5, 0.6) is 5.75 Å². The Morgan fingerprint density at radius 3 is 2.33 bits per heavy atom. The maximum atomic E-state index is 10.4. The molecule has 0 amide bonds. The average molecular weight is 300 g/mol. The first-order valence-electron chi connectivity index (χ1n) is 6.38. The van der Waals surface area contributed by atoms with Crippen LogP contribution in [-0.4, -0.2) is 15.3 Å². The highest BCUT2D eigenvalue weighted by atomic mass is 35.5. The van der Waals surface area contributed by atoms with Gasteiger partial charge in [0.05, 0.1) is 0 Å². The smallest absolute Gasteiger partial charge is 0.252 e. The fourth-order valence-corrected chi connectivity index (χ4v) is 1.92. The van der Waals surface area contributed by atoms with E-state index in [-0.39, 0.29) is 5.75 Å². The van der Waals surface area contributed by atoms with E-state index in [1.807, 2.05) is 37.3 Å². The first-order chi connectivity index (χ1) is 10.1. The number of pyridine rings is 1. The summed E-state index contributed by atoms with van der Waals surface area (Å²) >= 11 is 5.16. The lowest BCUT2D eigenvalue weighted by Crippen LogP contribution is -1.84. The zero-order chi connectivity index (χ0) is 15.2. The molecule has 0 bridgehead atoms. The average Bonchev–Trinajstić information content (AvgIpc) is 2.50. The minimum absolute atomic E-state index is 0.246. The van der Waals surface area contributed by atoms with Crippen molar-refractivity contribution in [2.24, 2.45) is 0 Å². The van der Waals surface area contributed by atoms with Crippen LogP contribution in [-0.2, 0) is 0 Å². The molecule has 0 aliphatic rings. The molecule has 1 aromatic heterocycles. The summed E-state index contributed by atoms with van der Waals surface area (Å²) < 4.78 is 0. The van der Waals surface area contributed by atoms with Crippen LogP contribution >= 0.6 is 11.6 Å². The summed E-state index contributed by atoms with van der Waals surface area (Å²) in [6, 6.07) is 18.0. The van der Waals surface area contributed by atoms with Gasteiger partial charge in [-0.15, -0.1) is 0 Å². The van der Waals surface area contributed by atoms with Gasteiger partial charge in [-0.3, -0.25) is 4.79 Å². The number of carbonyl (C=O) groups excluding carboxylic acids is 1. The number of aromatic hydroxyl groups is 1. The van der Waals surface area contributed by atoms with Gasteiger partial charge < -0.3 is 5.11 Å². The number of aromatic nitrogens is 1. The van der Waals surface area contributed by atoms with Gasteiger partial charge in [0.15, 0.2) is 0 Å². The Morgan fingerprint density at radius 1 is 1.00 bits per heavy atom. The van der Waals surface area contributed by atoms with Crippen LogP contribution in [0.25, 0.3) is 10.9 Å². The number of phenolic OH excluding ortho intramolecular Hbond substituents is 1. The number of rotatable bonds is 1. The maximum Gasteiger partial charge on any atom is 0.252 e. The summed E-state index contributed by atoms with van der Waals surface area (Å²) in [5, 5.41) is 10.00. The van der Waals surface area contributed by atoms with Crippen molar-refractivity contribution < 1.29 is 9.90 Å². The van der Waals surface area contributed by atoms with Gasteiger partial charge in [0.25, 0.3) is 5.24 Å². The number of hydrogen-bond donors (Lipinski definition) is 1. The predicted octanol–water partition coefficient (Wildman–Crippen LogP) is 4.31. The first-order valence-corrected chi connectivity index (χ1v) is 6.76. The maximum absolute atomic E-state index is 10.4. The first kappa shape index (κ1) is 15.0. The van der Waals surface area contributed by atoms with Gasteiger partial charge in [-0.25, -0.2) is 4.98 Å². The summed E-state index contributed by atoms with van der Waals surface area (Å²) in [7, 11) is 0. The largest absolute Gasteiger partial charge is 0.506 e. The van der Waals surface area contributed by atoms with Crippen LogP contribution in [0.15, 0.2) is 60.7 Å². The fourth-order valence-electron chi connectivity index (χ4n) is 1.80. The van der Waals surface area contributed by atoms with Crippen molar-refractivity contribution in [3.05, 3.63) is 71.9 Å². The van der Waals surface area contributed by atoms with E-state index in [2.05, 4.69) is 4.98 Å². The molecule has 2 aromatic carbocycles. The molecule has 0 saturated carbocycles. The van der Waals surface area contributed by atoms with E-state index in [9.17, 15) is 9.90 Å². The minimum Gasteiger partial charge on any atom is -0.506 e. The second-order valence-corrected chi connectivity index (χ2v) is 4.78. The number of fused-ring (bicyclic) bond motifs is 1. The molecule has 3 rings (SSSR count). The van der Waals surface area contributed by atoms with Gasteiger partial charge in [-0.05, 0) is 30.7 Å². The van der Waals surface area contributed by atoms with Gasteiger partial charge >= 0.3 is 0 Å². The third kappa shape index (κ3) is 4.04. The van der Waals surface area contributed by atoms with Crippen molar-refractivity contribution in [1.29, 1.82) is 0 Å². The Bertz CT molecular complexity index is 757. The van der Waals surface area contributed by atoms with E-state index in [1.165, 1.54) is 0 Å². The van der Waals surface area contributed by atoms with Crippen molar-refractivity contribution in [3.8, 4) is 5.75 Å². The summed E-state index contributed by atoms with van der Waals surface area (Å²) in [4.78, 5) is 14.6. The monoisotopic (exact) mass is 299 g/mol. The van der Waals surface area contributed by atoms with E-state index in [0.29, 0.717) is 11.1 Å². The molecule has 0 aliphatic heterocycles. The van der Waals surface area contributed by atoms with Gasteiger partial charge in [0.2, 0.25) is 0 Å². The molecule has 4 heteroatoms. The zero-order valence-corrected chi connectivity index (χ0v) is 12.2. The number of benzene rings is 2. The van der Waals surface area contributed by atoms with Crippen LogP contribution in [0, 0.1) is 6.92 Å². The Balaban J connectivity index is 0.000000161. The Hall–Kier alpha value is -2.39. The third-order valence-corrected chi connectivity index (χ3v) is 3.06. The van der Waals surface area contributed by atoms with Crippen LogP contribution < -0.4 is 0 Å². The Morgan fingerprint density at radius 2 is 1.71 bits per heavy atom. The number of aryl methyl sites for hydroxylation is 1. The molecule has 106 valence electrons. The van der Waals surface area contributed by atoms with E-state index in [1.54, 1.807) is 30.3 Å². The quantitative estimate of drug-likeness (QED) is 0.681.